The number of rotatable bonds is 3. The Balaban J connectivity index is 0.0000000994. The van der Waals surface area contributed by atoms with Crippen LogP contribution in [0.4, 0.5) is 0 Å². The summed E-state index contributed by atoms with van der Waals surface area (Å²) in [6, 6.07) is 8.22. The summed E-state index contributed by atoms with van der Waals surface area (Å²) >= 11 is 0. The van der Waals surface area contributed by atoms with Crippen molar-refractivity contribution in [2.45, 2.75) is 432 Å². The van der Waals surface area contributed by atoms with Crippen molar-refractivity contribution < 1.29 is 35.8 Å². The topological polar surface area (TPSA) is 236 Å². The van der Waals surface area contributed by atoms with Gasteiger partial charge in [-0.05, 0) is 472 Å². The number of ether oxygens (including phenoxy) is 4. The summed E-state index contributed by atoms with van der Waals surface area (Å²) in [6.07, 6.45) is 58.0. The summed E-state index contributed by atoms with van der Waals surface area (Å²) in [5.41, 5.74) is 27.2. The molecule has 0 unspecified atom stereocenters. The first-order chi connectivity index (χ1) is 69.7. The van der Waals surface area contributed by atoms with Gasteiger partial charge in [-0.25, -0.2) is 8.42 Å². The Kier molecular flexibility index (Phi) is 24.7. The number of aromatic nitrogens is 8. The first-order valence-corrected chi connectivity index (χ1v) is 63.3. The van der Waals surface area contributed by atoms with Crippen molar-refractivity contribution in [1.29, 1.82) is 0 Å². The SMILES string of the molecule is CC1=C2C[C@H]3[C@@H](CC[C@@H]4Cc5[nH]ncc5C[C@@]43C)[C@@H]2CC[C@@]2(C1)O[C@@H]1C[C@H](C)CN(S(C)(=O)=O)[C@H]1[C@H]2C.CC1=C2C[C@H]3[C@@H](CC[C@@H]4Cc5[nH]ncc5C[C@@]43C)[C@@H]2CC[C@@]2(C1)O[C@@H]1C[C@H](C)CN[C@H]1[C@H]2C.CC1=C2C[C@H]3[C@@H](CC[C@@H]4Cc5[nH]ncc5C[C@@]43C)[C@@H]2CC[C@@]2(C1)O[C@@H]1C[C@H](C)CN[C@H]1[C@H]2C.CC1=C2C[C@H]3[C@@H](CC[C@@H]4Cc5nn(S(=O)(=O)c6ccc(C)cc6)cc5C[C@@]43C)[C@@H]2CC[C@@]2(C1)O[C@@H]1C[C@H](C)CC[C@H]1[C@H]2C. The number of hydrogen-bond donors (Lipinski definition) is 5. The summed E-state index contributed by atoms with van der Waals surface area (Å²) < 4.78 is 84.0. The van der Waals surface area contributed by atoms with Crippen LogP contribution in [0.3, 0.4) is 0 Å². The molecule has 7 aliphatic heterocycles. The Labute approximate surface area is 875 Å². The van der Waals surface area contributed by atoms with E-state index in [1.54, 1.807) is 49.9 Å². The van der Waals surface area contributed by atoms with Crippen molar-refractivity contribution in [3.8, 4) is 0 Å². The fraction of sp³-hybridized carbons (Fsp3) is 0.792. The third-order valence-corrected chi connectivity index (χ3v) is 52.8. The lowest BCUT2D eigenvalue weighted by atomic mass is 9.52. The van der Waals surface area contributed by atoms with Gasteiger partial charge in [0.05, 0.1) is 88.3 Å². The molecule has 146 heavy (non-hydrogen) atoms. The van der Waals surface area contributed by atoms with Crippen LogP contribution in [-0.2, 0) is 90.4 Å². The van der Waals surface area contributed by atoms with Crippen LogP contribution in [0.5, 0.6) is 0 Å². The van der Waals surface area contributed by atoms with Gasteiger partial charge in [0.15, 0.2) is 0 Å². The van der Waals surface area contributed by atoms with Crippen molar-refractivity contribution in [2.24, 2.45) is 170 Å². The molecular formula is C125H181N11O8S2. The molecule has 5 N–H and O–H groups in total. The summed E-state index contributed by atoms with van der Waals surface area (Å²) in [4.78, 5) is 0.312. The maximum Gasteiger partial charge on any atom is 0.282 e. The van der Waals surface area contributed by atoms with Gasteiger partial charge in [0.2, 0.25) is 10.0 Å². The van der Waals surface area contributed by atoms with Crippen LogP contribution in [0, 0.1) is 177 Å². The number of allylic oxidation sites excluding steroid dienone is 4. The third-order valence-electron chi connectivity index (χ3n) is 50.0. The van der Waals surface area contributed by atoms with Gasteiger partial charge in [-0.3, -0.25) is 15.3 Å². The van der Waals surface area contributed by atoms with E-state index in [9.17, 15) is 16.8 Å². The molecule has 1 aromatic carbocycles. The van der Waals surface area contributed by atoms with E-state index >= 15 is 0 Å². The smallest absolute Gasteiger partial charge is 0.282 e. The molecule has 40 atom stereocenters. The second kappa shape index (κ2) is 36.1. The molecule has 11 heterocycles. The molecule has 0 radical (unpaired) electrons. The molecule has 7 saturated heterocycles. The van der Waals surface area contributed by atoms with Gasteiger partial charge in [0.1, 0.15) is 0 Å². The number of hydrogen-bond acceptors (Lipinski definition) is 14. The zero-order chi connectivity index (χ0) is 101. The monoisotopic (exact) mass is 2030 g/mol. The average molecular weight is 2030 g/mol. The summed E-state index contributed by atoms with van der Waals surface area (Å²) in [6.45, 7) is 44.3. The first-order valence-electron chi connectivity index (χ1n) is 60.1. The van der Waals surface area contributed by atoms with Crippen LogP contribution in [0.15, 0.2) is 98.5 Å². The number of fused-ring (bicyclic) bond motifs is 28. The minimum Gasteiger partial charge on any atom is -0.371 e. The van der Waals surface area contributed by atoms with E-state index < -0.39 is 20.0 Å². The molecule has 24 aliphatic rings. The highest BCUT2D eigenvalue weighted by atomic mass is 32.2. The molecule has 4 spiro atoms. The van der Waals surface area contributed by atoms with E-state index in [-0.39, 0.29) is 45.9 Å². The van der Waals surface area contributed by atoms with E-state index in [1.807, 2.05) is 36.4 Å². The van der Waals surface area contributed by atoms with Gasteiger partial charge in [0.25, 0.3) is 10.0 Å². The molecule has 796 valence electrons. The van der Waals surface area contributed by atoms with Gasteiger partial charge in [-0.2, -0.15) is 37.2 Å². The lowest BCUT2D eigenvalue weighted by Gasteiger charge is -2.52. The Morgan fingerprint density at radius 3 is 1.14 bits per heavy atom. The molecule has 21 heteroatoms. The third kappa shape index (κ3) is 15.8. The highest BCUT2D eigenvalue weighted by molar-refractivity contribution is 7.89. The predicted molar refractivity (Wildman–Crippen MR) is 575 cm³/mol. The second-order valence-corrected chi connectivity index (χ2v) is 61.0. The van der Waals surface area contributed by atoms with Crippen LogP contribution in [-0.4, -0.2) is 152 Å². The highest BCUT2D eigenvalue weighted by Crippen LogP contribution is 2.72. The molecule has 17 aliphatic carbocycles. The Morgan fingerprint density at radius 2 is 0.726 bits per heavy atom. The molecule has 0 amide bonds. The van der Waals surface area contributed by atoms with E-state index in [1.165, 1.54) is 250 Å². The van der Waals surface area contributed by atoms with Crippen molar-refractivity contribution in [2.75, 3.05) is 25.9 Å². The zero-order valence-electron chi connectivity index (χ0n) is 92.4. The highest BCUT2D eigenvalue weighted by Gasteiger charge is 2.68. The fourth-order valence-corrected chi connectivity index (χ4v) is 44.5. The number of benzene rings is 1. The molecule has 0 bridgehead atoms. The number of nitrogens with one attached hydrogen (secondary N) is 5. The van der Waals surface area contributed by atoms with Gasteiger partial charge in [-0.15, -0.1) is 0 Å². The van der Waals surface area contributed by atoms with Gasteiger partial charge in [-0.1, -0.05) is 152 Å². The number of piperidine rings is 3. The fourth-order valence-electron chi connectivity index (χ4n) is 42.1. The number of nitrogens with zero attached hydrogens (tertiary/aromatic N) is 6. The van der Waals surface area contributed by atoms with Crippen molar-refractivity contribution in [1.82, 2.24) is 54.7 Å². The standard InChI is InChI=1S/C37H50N2O3S.C30H45N3O3S.2C29H43N3O/c1-22-6-10-28(11-7-22)43(40,41)39-21-26-20-36(5)27(17-34(26)38-39)9-13-31-30-14-15-37(19-24(3)32(30)18-33(31)36)25(4)29-12-8-23(2)16-35(29)42-37;1-17-10-27-28(33(16-17)37(5,34)35)19(3)30(36-27)9-8-22-23-7-6-21-11-26-20(15-31-32-26)14-29(21,4)25(23)12-24(22)18(2)13-30;2*1-16-9-26-27(30-14-16)18(3)29(33-26)8-7-21-22-6-5-20-10-25-19(15-31-32-25)13-28(20,4)24(22)11-23(21)17(2)12-29/h6-7,10-11,21,23,25,27,29-31,33,35H,8-9,12-20H2,1-5H3;15,17,19,21-23,25,27-28H,6-14,16H2,1-5H3,(H,31,32);2*15-16,18,20-22,24,26-27,30H,5-14H2,1-4H3,(H,31,32)/t23-,25-,27-,29+,30+,31+,33+,35-,36+,37+;17-,19+,21+,22-,23-,25-,27+,28-,29-,30-;2*16-,18+,20+,21-,22-,24-,26+,27-,28-,29-/m1000/s1. The molecule has 9 saturated carbocycles. The van der Waals surface area contributed by atoms with Gasteiger partial charge in [0, 0.05) is 59.7 Å². The molecule has 5 aromatic rings. The molecule has 4 aromatic heterocycles. The first kappa shape index (κ1) is 100.0. The van der Waals surface area contributed by atoms with Gasteiger partial charge < -0.3 is 29.6 Å². The predicted octanol–water partition coefficient (Wildman–Crippen LogP) is 23.9. The Hall–Kier alpha value is -5.36. The van der Waals surface area contributed by atoms with Crippen molar-refractivity contribution in [3.05, 3.63) is 144 Å². The summed E-state index contributed by atoms with van der Waals surface area (Å²) in [5, 5.41) is 35.6. The lowest BCUT2D eigenvalue weighted by molar-refractivity contribution is -0.0763. The summed E-state index contributed by atoms with van der Waals surface area (Å²) in [7, 11) is -6.94. The average Bonchev–Trinajstić information content (AvgIpc) is 1.55. The van der Waals surface area contributed by atoms with Gasteiger partial charge >= 0.3 is 0 Å². The van der Waals surface area contributed by atoms with E-state index in [0.29, 0.717) is 105 Å². The Bertz CT molecular complexity index is 6080. The number of aryl methyl sites for hydroxylation is 1. The minimum absolute atomic E-state index is 0.0181. The number of sulfonamides is 1. The van der Waals surface area contributed by atoms with E-state index in [0.717, 1.165) is 163 Å². The Morgan fingerprint density at radius 1 is 0.370 bits per heavy atom. The number of aromatic amines is 3. The maximum atomic E-state index is 13.5. The van der Waals surface area contributed by atoms with E-state index in [2.05, 4.69) is 171 Å². The zero-order valence-corrected chi connectivity index (χ0v) is 94.0. The maximum absolute atomic E-state index is 13.5. The second-order valence-electron chi connectivity index (χ2n) is 57.3. The lowest BCUT2D eigenvalue weighted by Crippen LogP contribution is -2.53. The van der Waals surface area contributed by atoms with Crippen molar-refractivity contribution >= 4 is 20.0 Å². The minimum atomic E-state index is -3.69. The largest absolute Gasteiger partial charge is 0.371 e. The normalized spacial score (nSPS) is 47.5. The van der Waals surface area contributed by atoms with Crippen LogP contribution >= 0.6 is 0 Å². The number of H-pyrrole nitrogens is 3. The van der Waals surface area contributed by atoms with Crippen LogP contribution in [0.2, 0.25) is 0 Å². The quantitative estimate of drug-likeness (QED) is 0.106. The summed E-state index contributed by atoms with van der Waals surface area (Å²) in [5.74, 6) is 17.9. The molecular weight excluding hydrogens is 1850 g/mol. The molecule has 29 rings (SSSR count). The van der Waals surface area contributed by atoms with Crippen molar-refractivity contribution in [3.63, 3.8) is 0 Å². The molecule has 19 nitrogen and oxygen atoms in total. The van der Waals surface area contributed by atoms with Crippen LogP contribution in [0.25, 0.3) is 0 Å². The van der Waals surface area contributed by atoms with E-state index in [4.69, 9.17) is 24.0 Å². The van der Waals surface area contributed by atoms with Crippen LogP contribution in [0.1, 0.15) is 354 Å². The molecule has 16 fully saturated rings. The van der Waals surface area contributed by atoms with Crippen LogP contribution < -0.4 is 10.6 Å².